The van der Waals surface area contributed by atoms with Gasteiger partial charge in [0.05, 0.1) is 0 Å². The highest BCUT2D eigenvalue weighted by Gasteiger charge is 2.15. The van der Waals surface area contributed by atoms with E-state index in [1.165, 1.54) is 25.1 Å². The van der Waals surface area contributed by atoms with Crippen molar-refractivity contribution in [1.29, 1.82) is 0 Å². The van der Waals surface area contributed by atoms with Crippen LogP contribution in [-0.4, -0.2) is 8.42 Å². The number of hydrogen-bond donors (Lipinski definition) is 1. The molecular formula is C7H8FNO2S. The Balaban J connectivity index is 3.47. The van der Waals surface area contributed by atoms with Crippen LogP contribution in [0.3, 0.4) is 0 Å². The van der Waals surface area contributed by atoms with E-state index in [-0.39, 0.29) is 16.1 Å². The lowest BCUT2D eigenvalue weighted by molar-refractivity contribution is 0.551. The van der Waals surface area contributed by atoms with Crippen molar-refractivity contribution in [1.82, 2.24) is 0 Å². The van der Waals surface area contributed by atoms with Crippen LogP contribution in [0.1, 0.15) is 5.56 Å². The third kappa shape index (κ3) is 1.55. The lowest BCUT2D eigenvalue weighted by Crippen LogP contribution is -1.98. The van der Waals surface area contributed by atoms with Crippen LogP contribution in [0.15, 0.2) is 23.1 Å². The fraction of sp³-hybridized carbons (Fsp3) is 0.143. The molecule has 0 aromatic heterocycles. The normalized spacial score (nSPS) is 11.5. The Bertz CT molecular complexity index is 400. The summed E-state index contributed by atoms with van der Waals surface area (Å²) in [6.45, 7) is 1.46. The molecule has 0 bridgehead atoms. The monoisotopic (exact) mass is 189 g/mol. The van der Waals surface area contributed by atoms with Gasteiger partial charge in [-0.05, 0) is 24.6 Å². The molecule has 0 saturated carbocycles. The van der Waals surface area contributed by atoms with Crippen molar-refractivity contribution in [2.75, 3.05) is 5.73 Å². The molecule has 1 aromatic rings. The van der Waals surface area contributed by atoms with Crippen LogP contribution in [0.5, 0.6) is 0 Å². The molecule has 0 aliphatic rings. The van der Waals surface area contributed by atoms with Gasteiger partial charge >= 0.3 is 10.2 Å². The van der Waals surface area contributed by atoms with Gasteiger partial charge < -0.3 is 5.73 Å². The first-order valence-electron chi connectivity index (χ1n) is 3.22. The lowest BCUT2D eigenvalue weighted by atomic mass is 10.2. The summed E-state index contributed by atoms with van der Waals surface area (Å²) in [5.41, 5.74) is 5.91. The van der Waals surface area contributed by atoms with Crippen molar-refractivity contribution in [3.05, 3.63) is 23.8 Å². The van der Waals surface area contributed by atoms with Crippen LogP contribution in [0.2, 0.25) is 0 Å². The molecule has 0 heterocycles. The third-order valence-electron chi connectivity index (χ3n) is 1.59. The lowest BCUT2D eigenvalue weighted by Gasteiger charge is -2.02. The number of halogens is 1. The van der Waals surface area contributed by atoms with E-state index in [9.17, 15) is 12.3 Å². The summed E-state index contributed by atoms with van der Waals surface area (Å²) >= 11 is 0. The number of benzene rings is 1. The van der Waals surface area contributed by atoms with Crippen LogP contribution in [-0.2, 0) is 10.2 Å². The van der Waals surface area contributed by atoms with Gasteiger partial charge in [-0.2, -0.15) is 8.42 Å². The van der Waals surface area contributed by atoms with E-state index in [0.717, 1.165) is 0 Å². The van der Waals surface area contributed by atoms with Gasteiger partial charge in [0.15, 0.2) is 0 Å². The minimum Gasteiger partial charge on any atom is -0.398 e. The zero-order chi connectivity index (χ0) is 9.35. The fourth-order valence-corrected chi connectivity index (χ4v) is 1.62. The van der Waals surface area contributed by atoms with Crippen molar-refractivity contribution in [2.45, 2.75) is 11.8 Å². The predicted molar refractivity (Wildman–Crippen MR) is 43.9 cm³/mol. The number of nitrogen functional groups attached to an aromatic ring is 1. The summed E-state index contributed by atoms with van der Waals surface area (Å²) in [6.07, 6.45) is 0. The number of nitrogens with two attached hydrogens (primary N) is 1. The van der Waals surface area contributed by atoms with Crippen LogP contribution < -0.4 is 5.73 Å². The molecular weight excluding hydrogens is 181 g/mol. The van der Waals surface area contributed by atoms with Crippen LogP contribution in [0.25, 0.3) is 0 Å². The molecule has 2 N–H and O–H groups in total. The molecule has 5 heteroatoms. The zero-order valence-corrected chi connectivity index (χ0v) is 7.23. The Morgan fingerprint density at radius 2 is 2.00 bits per heavy atom. The summed E-state index contributed by atoms with van der Waals surface area (Å²) < 4.78 is 33.4. The third-order valence-corrected chi connectivity index (χ3v) is 2.56. The average Bonchev–Trinajstić information content (AvgIpc) is 1.92. The highest BCUT2D eigenvalue weighted by molar-refractivity contribution is 7.86. The maximum atomic E-state index is 12.5. The molecule has 0 unspecified atom stereocenters. The first kappa shape index (κ1) is 8.99. The largest absolute Gasteiger partial charge is 0.398 e. The van der Waals surface area contributed by atoms with E-state index in [1.807, 2.05) is 0 Å². The SMILES string of the molecule is Cc1c(N)cccc1S(=O)(=O)F. The standard InChI is InChI=1S/C7H8FNO2S/c1-5-6(9)3-2-4-7(5)12(8,10)11/h2-4H,9H2,1H3. The minimum absolute atomic E-state index is 0.250. The summed E-state index contributed by atoms with van der Waals surface area (Å²) in [5, 5.41) is 0. The predicted octanol–water partition coefficient (Wildman–Crippen LogP) is 1.24. The van der Waals surface area contributed by atoms with E-state index in [1.54, 1.807) is 0 Å². The summed E-state index contributed by atoms with van der Waals surface area (Å²) in [4.78, 5) is -0.359. The summed E-state index contributed by atoms with van der Waals surface area (Å²) in [6, 6.07) is 4.10. The van der Waals surface area contributed by atoms with Crippen molar-refractivity contribution >= 4 is 15.9 Å². The van der Waals surface area contributed by atoms with Gasteiger partial charge in [0, 0.05) is 5.69 Å². The molecule has 0 fully saturated rings. The van der Waals surface area contributed by atoms with Gasteiger partial charge in [0.1, 0.15) is 4.90 Å². The smallest absolute Gasteiger partial charge is 0.332 e. The van der Waals surface area contributed by atoms with Crippen molar-refractivity contribution in [3.63, 3.8) is 0 Å². The first-order valence-corrected chi connectivity index (χ1v) is 4.61. The molecule has 1 aromatic carbocycles. The van der Waals surface area contributed by atoms with Gasteiger partial charge in [-0.25, -0.2) is 0 Å². The molecule has 0 radical (unpaired) electrons. The number of rotatable bonds is 1. The van der Waals surface area contributed by atoms with Gasteiger partial charge in [-0.3, -0.25) is 0 Å². The molecule has 3 nitrogen and oxygen atoms in total. The molecule has 12 heavy (non-hydrogen) atoms. The highest BCUT2D eigenvalue weighted by Crippen LogP contribution is 2.21. The molecule has 0 spiro atoms. The first-order chi connectivity index (χ1) is 5.43. The Labute approximate surface area is 70.2 Å². The maximum absolute atomic E-state index is 12.5. The fourth-order valence-electron chi connectivity index (χ4n) is 0.896. The second-order valence-corrected chi connectivity index (χ2v) is 3.72. The summed E-state index contributed by atoms with van der Waals surface area (Å²) in [5.74, 6) is 0. The van der Waals surface area contributed by atoms with E-state index in [0.29, 0.717) is 0 Å². The second-order valence-electron chi connectivity index (χ2n) is 2.41. The Hall–Kier alpha value is -1.10. The minimum atomic E-state index is -4.64. The highest BCUT2D eigenvalue weighted by atomic mass is 32.3. The summed E-state index contributed by atoms with van der Waals surface area (Å²) in [7, 11) is -4.64. The van der Waals surface area contributed by atoms with Gasteiger partial charge in [0.25, 0.3) is 0 Å². The molecule has 1 rings (SSSR count). The van der Waals surface area contributed by atoms with Crippen LogP contribution >= 0.6 is 0 Å². The second kappa shape index (κ2) is 2.75. The molecule has 0 aliphatic carbocycles. The van der Waals surface area contributed by atoms with Crippen molar-refractivity contribution in [2.24, 2.45) is 0 Å². The molecule has 0 aliphatic heterocycles. The molecule has 0 amide bonds. The van der Waals surface area contributed by atoms with Crippen molar-refractivity contribution < 1.29 is 12.3 Å². The molecule has 66 valence electrons. The van der Waals surface area contributed by atoms with Crippen molar-refractivity contribution in [3.8, 4) is 0 Å². The van der Waals surface area contributed by atoms with Gasteiger partial charge in [-0.15, -0.1) is 3.89 Å². The van der Waals surface area contributed by atoms with E-state index >= 15 is 0 Å². The molecule has 0 saturated heterocycles. The molecule has 0 atom stereocenters. The number of hydrogen-bond acceptors (Lipinski definition) is 3. The number of anilines is 1. The maximum Gasteiger partial charge on any atom is 0.332 e. The van der Waals surface area contributed by atoms with E-state index < -0.39 is 10.2 Å². The zero-order valence-electron chi connectivity index (χ0n) is 6.41. The topological polar surface area (TPSA) is 60.2 Å². The Kier molecular flexibility index (Phi) is 2.06. The van der Waals surface area contributed by atoms with Gasteiger partial charge in [-0.1, -0.05) is 6.07 Å². The average molecular weight is 189 g/mol. The quantitative estimate of drug-likeness (QED) is 0.534. The van der Waals surface area contributed by atoms with Crippen LogP contribution in [0.4, 0.5) is 9.57 Å². The van der Waals surface area contributed by atoms with Crippen LogP contribution in [0, 0.1) is 6.92 Å². The van der Waals surface area contributed by atoms with E-state index in [4.69, 9.17) is 5.73 Å². The van der Waals surface area contributed by atoms with E-state index in [2.05, 4.69) is 0 Å². The Morgan fingerprint density at radius 3 is 2.42 bits per heavy atom. The van der Waals surface area contributed by atoms with Gasteiger partial charge in [0.2, 0.25) is 0 Å². The Morgan fingerprint density at radius 1 is 1.42 bits per heavy atom.